The largest absolute Gasteiger partial charge is 0.335 e. The molecule has 3 N–H and O–H groups in total. The number of nitrogens with one attached hydrogen (secondary N) is 3. The molecule has 0 atom stereocenters. The molecular weight excluding hydrogens is 508 g/mol. The van der Waals surface area contributed by atoms with E-state index in [-0.39, 0.29) is 5.91 Å². The molecule has 2 aliphatic heterocycles. The fraction of sp³-hybridized carbons (Fsp3) is 0.148. The first-order chi connectivity index (χ1) is 19.3. The first-order valence-electron chi connectivity index (χ1n) is 12.4. The summed E-state index contributed by atoms with van der Waals surface area (Å²) in [6.45, 7) is 5.59. The maximum Gasteiger partial charge on any atom is 0.229 e. The third-order valence-electron chi connectivity index (χ3n) is 6.50. The second kappa shape index (κ2) is 8.73. The minimum atomic E-state index is -0.526. The lowest BCUT2D eigenvalue weighted by Gasteiger charge is -2.17. The van der Waals surface area contributed by atoms with E-state index in [2.05, 4.69) is 50.4 Å². The molecule has 196 valence electrons. The molecule has 0 unspecified atom stereocenters. The van der Waals surface area contributed by atoms with E-state index in [0.29, 0.717) is 45.6 Å². The van der Waals surface area contributed by atoms with Gasteiger partial charge < -0.3 is 10.3 Å². The van der Waals surface area contributed by atoms with Gasteiger partial charge in [-0.25, -0.2) is 24.9 Å². The first-order valence-corrected chi connectivity index (χ1v) is 12.4. The highest BCUT2D eigenvalue weighted by Gasteiger charge is 2.22. The highest BCUT2D eigenvalue weighted by Crippen LogP contribution is 2.31. The molecule has 0 aliphatic carbocycles. The van der Waals surface area contributed by atoms with Crippen LogP contribution in [0.4, 0.5) is 5.69 Å². The second-order valence-corrected chi connectivity index (χ2v) is 10.3. The maximum atomic E-state index is 12.5. The molecule has 0 aromatic carbocycles. The van der Waals surface area contributed by atoms with Gasteiger partial charge in [-0.15, -0.1) is 0 Å². The van der Waals surface area contributed by atoms with Gasteiger partial charge in [-0.05, 0) is 12.1 Å². The summed E-state index contributed by atoms with van der Waals surface area (Å²) in [4.78, 5) is 46.8. The van der Waals surface area contributed by atoms with E-state index in [1.807, 2.05) is 37.5 Å². The summed E-state index contributed by atoms with van der Waals surface area (Å²) in [5.41, 5.74) is 5.71. The van der Waals surface area contributed by atoms with Gasteiger partial charge in [-0.3, -0.25) is 24.4 Å². The predicted octanol–water partition coefficient (Wildman–Crippen LogP) is 4.02. The number of nitrogens with zero attached hydrogens (tertiary/aromatic N) is 9. The van der Waals surface area contributed by atoms with Crippen molar-refractivity contribution in [2.75, 3.05) is 5.32 Å². The third-order valence-corrected chi connectivity index (χ3v) is 6.50. The normalized spacial score (nSPS) is 12.0. The van der Waals surface area contributed by atoms with Gasteiger partial charge >= 0.3 is 0 Å². The molecule has 0 bridgehead atoms. The van der Waals surface area contributed by atoms with Crippen LogP contribution in [0.15, 0.2) is 62.0 Å². The lowest BCUT2D eigenvalue weighted by atomic mass is 9.95. The summed E-state index contributed by atoms with van der Waals surface area (Å²) in [5.74, 6) is 1.14. The molecule has 0 fully saturated rings. The molecule has 0 saturated carbocycles. The van der Waals surface area contributed by atoms with Crippen LogP contribution in [0.2, 0.25) is 0 Å². The molecule has 0 radical (unpaired) electrons. The Bertz CT molecular complexity index is 2010. The number of aromatic nitrogens is 11. The van der Waals surface area contributed by atoms with Crippen LogP contribution in [0.25, 0.3) is 61.9 Å². The van der Waals surface area contributed by atoms with Crippen molar-refractivity contribution in [2.24, 2.45) is 5.41 Å². The van der Waals surface area contributed by atoms with Gasteiger partial charge in [0.15, 0.2) is 17.3 Å². The number of amides is 1. The Kier molecular flexibility index (Phi) is 5.13. The summed E-state index contributed by atoms with van der Waals surface area (Å²) < 4.78 is 1.81. The standard InChI is InChI=1S/C27H22N12O/c1-27(2,3)26(40)34-16-4-14(6-28-8-16)15-5-17-21(37-38-23(17)31-7-15)24-35-18-9-29-11-20(22(18)36-24)39-13-30-10-19-25(39)33-12-32-19/h4-13H,1-3H3,(H,34,40)(H,35,36)(H,31,37,38). The molecule has 7 rings (SSSR count). The quantitative estimate of drug-likeness (QED) is 0.304. The van der Waals surface area contributed by atoms with Gasteiger partial charge in [0.1, 0.15) is 29.6 Å². The number of aromatic amines is 2. The number of anilines is 1. The predicted molar refractivity (Wildman–Crippen MR) is 147 cm³/mol. The van der Waals surface area contributed by atoms with Crippen molar-refractivity contribution in [1.82, 2.24) is 54.6 Å². The van der Waals surface area contributed by atoms with Crippen LogP contribution >= 0.6 is 0 Å². The lowest BCUT2D eigenvalue weighted by Crippen LogP contribution is -2.27. The first kappa shape index (κ1) is 23.5. The van der Waals surface area contributed by atoms with Gasteiger partial charge in [-0.2, -0.15) is 5.10 Å². The van der Waals surface area contributed by atoms with Gasteiger partial charge in [0.05, 0.1) is 47.1 Å². The monoisotopic (exact) mass is 530 g/mol. The van der Waals surface area contributed by atoms with E-state index in [0.717, 1.165) is 22.0 Å². The molecule has 40 heavy (non-hydrogen) atoms. The molecule has 1 amide bonds. The van der Waals surface area contributed by atoms with Crippen LogP contribution < -0.4 is 5.32 Å². The van der Waals surface area contributed by atoms with Crippen molar-refractivity contribution in [3.63, 3.8) is 0 Å². The maximum absolute atomic E-state index is 12.5. The number of imidazole rings is 2. The molecule has 0 saturated heterocycles. The van der Waals surface area contributed by atoms with Crippen LogP contribution in [0.5, 0.6) is 0 Å². The van der Waals surface area contributed by atoms with Crippen molar-refractivity contribution in [3.8, 4) is 39.9 Å². The average Bonchev–Trinajstić information content (AvgIpc) is 3.69. The van der Waals surface area contributed by atoms with E-state index in [4.69, 9.17) is 4.98 Å². The van der Waals surface area contributed by atoms with Crippen LogP contribution in [0.1, 0.15) is 20.8 Å². The average molecular weight is 531 g/mol. The zero-order chi connectivity index (χ0) is 27.4. The Hall–Kier alpha value is -5.59. The van der Waals surface area contributed by atoms with E-state index in [1.165, 1.54) is 6.33 Å². The van der Waals surface area contributed by atoms with Crippen LogP contribution in [0, 0.1) is 5.41 Å². The molecule has 2 aliphatic rings. The van der Waals surface area contributed by atoms with Crippen LogP contribution in [-0.2, 0) is 4.79 Å². The fourth-order valence-electron chi connectivity index (χ4n) is 4.38. The Labute approximate surface area is 226 Å². The number of carbonyl (C=O) groups is 1. The summed E-state index contributed by atoms with van der Waals surface area (Å²) in [5, 5.41) is 11.1. The van der Waals surface area contributed by atoms with Crippen LogP contribution in [0.3, 0.4) is 0 Å². The zero-order valence-corrected chi connectivity index (χ0v) is 21.7. The number of fused-ring (bicyclic) bond motifs is 3. The van der Waals surface area contributed by atoms with Crippen molar-refractivity contribution in [1.29, 1.82) is 0 Å². The lowest BCUT2D eigenvalue weighted by molar-refractivity contribution is -0.123. The number of hydrogen-bond donors (Lipinski definition) is 3. The smallest absolute Gasteiger partial charge is 0.229 e. The number of H-pyrrole nitrogens is 2. The van der Waals surface area contributed by atoms with E-state index in [9.17, 15) is 4.79 Å². The van der Waals surface area contributed by atoms with E-state index < -0.39 is 5.41 Å². The molecule has 5 aromatic heterocycles. The SMILES string of the molecule is CC(C)(C)C(=O)Nc1cncc(-c2cnc3n[nH]c(-c4nc5c(-n6cncc7ncnc6-7)cncc5[nH]4)c3c2)c1. The molecule has 13 nitrogen and oxygen atoms in total. The zero-order valence-electron chi connectivity index (χ0n) is 21.7. The number of carbonyl (C=O) groups excluding carboxylic acids is 1. The second-order valence-electron chi connectivity index (χ2n) is 10.3. The van der Waals surface area contributed by atoms with E-state index >= 15 is 0 Å². The summed E-state index contributed by atoms with van der Waals surface area (Å²) in [7, 11) is 0. The van der Waals surface area contributed by atoms with Gasteiger partial charge in [0.25, 0.3) is 0 Å². The molecule has 5 aromatic rings. The Balaban J connectivity index is 1.29. The highest BCUT2D eigenvalue weighted by molar-refractivity contribution is 5.96. The van der Waals surface area contributed by atoms with Crippen molar-refractivity contribution >= 4 is 33.7 Å². The van der Waals surface area contributed by atoms with Gasteiger partial charge in [0.2, 0.25) is 5.91 Å². The van der Waals surface area contributed by atoms with Crippen molar-refractivity contribution < 1.29 is 4.79 Å². The Morgan fingerprint density at radius 2 is 1.77 bits per heavy atom. The minimum Gasteiger partial charge on any atom is -0.335 e. The molecule has 7 heterocycles. The van der Waals surface area contributed by atoms with Crippen LogP contribution in [-0.4, -0.2) is 60.5 Å². The summed E-state index contributed by atoms with van der Waals surface area (Å²) >= 11 is 0. The number of hydrogen-bond acceptors (Lipinski definition) is 9. The molecule has 0 spiro atoms. The van der Waals surface area contributed by atoms with Gasteiger partial charge in [0, 0.05) is 28.9 Å². The summed E-state index contributed by atoms with van der Waals surface area (Å²) in [6.07, 6.45) is 13.3. The highest BCUT2D eigenvalue weighted by atomic mass is 16.2. The van der Waals surface area contributed by atoms with E-state index in [1.54, 1.807) is 43.5 Å². The fourth-order valence-corrected chi connectivity index (χ4v) is 4.38. The topological polar surface area (TPSA) is 169 Å². The van der Waals surface area contributed by atoms with Crippen molar-refractivity contribution in [3.05, 3.63) is 62.0 Å². The molecule has 13 heteroatoms. The Morgan fingerprint density at radius 3 is 2.65 bits per heavy atom. The minimum absolute atomic E-state index is 0.0912. The third kappa shape index (κ3) is 3.91. The number of pyridine rings is 3. The molecular formula is C27H22N12O. The summed E-state index contributed by atoms with van der Waals surface area (Å²) in [6, 6.07) is 3.84. The number of rotatable bonds is 4. The van der Waals surface area contributed by atoms with Crippen molar-refractivity contribution in [2.45, 2.75) is 20.8 Å². The van der Waals surface area contributed by atoms with Gasteiger partial charge in [-0.1, -0.05) is 20.8 Å². The Morgan fingerprint density at radius 1 is 0.925 bits per heavy atom.